The summed E-state index contributed by atoms with van der Waals surface area (Å²) in [5, 5.41) is 0. The summed E-state index contributed by atoms with van der Waals surface area (Å²) in [5.41, 5.74) is 8.78. The lowest BCUT2D eigenvalue weighted by Crippen LogP contribution is -2.55. The van der Waals surface area contributed by atoms with Crippen molar-refractivity contribution in [3.05, 3.63) is 70.8 Å². The number of amides is 2. The van der Waals surface area contributed by atoms with Gasteiger partial charge < -0.3 is 15.4 Å². The predicted octanol–water partition coefficient (Wildman–Crippen LogP) is 1.21. The molecule has 2 N–H and O–H groups in total. The third-order valence-electron chi connectivity index (χ3n) is 5.03. The SMILES string of the molecule is NC(=O)[C@@H]1Cc2ccccc2CN1C(=O)[C@@H]1Cc2ccccc2C(=O)O1. The van der Waals surface area contributed by atoms with Crippen LogP contribution in [0, 0.1) is 0 Å². The first-order chi connectivity index (χ1) is 12.5. The number of nitrogens with two attached hydrogens (primary N) is 1. The van der Waals surface area contributed by atoms with Gasteiger partial charge >= 0.3 is 5.97 Å². The molecule has 132 valence electrons. The van der Waals surface area contributed by atoms with Gasteiger partial charge in [0.25, 0.3) is 5.91 Å². The first-order valence-corrected chi connectivity index (χ1v) is 8.50. The summed E-state index contributed by atoms with van der Waals surface area (Å²) in [4.78, 5) is 38.7. The molecule has 0 saturated heterocycles. The first kappa shape index (κ1) is 16.3. The highest BCUT2D eigenvalue weighted by Gasteiger charge is 2.40. The summed E-state index contributed by atoms with van der Waals surface area (Å²) in [5.74, 6) is -1.46. The Bertz CT molecular complexity index is 908. The van der Waals surface area contributed by atoms with Gasteiger partial charge in [-0.2, -0.15) is 0 Å². The van der Waals surface area contributed by atoms with Crippen LogP contribution >= 0.6 is 0 Å². The molecule has 2 aromatic carbocycles. The minimum Gasteiger partial charge on any atom is -0.448 e. The van der Waals surface area contributed by atoms with Crippen LogP contribution in [0.2, 0.25) is 0 Å². The Morgan fingerprint density at radius 1 is 0.962 bits per heavy atom. The average Bonchev–Trinajstić information content (AvgIpc) is 2.66. The Labute approximate surface area is 150 Å². The number of nitrogens with zero attached hydrogens (tertiary/aromatic N) is 1. The summed E-state index contributed by atoms with van der Waals surface area (Å²) in [7, 11) is 0. The zero-order valence-corrected chi connectivity index (χ0v) is 14.1. The van der Waals surface area contributed by atoms with Gasteiger partial charge in [0.2, 0.25) is 5.91 Å². The predicted molar refractivity (Wildman–Crippen MR) is 93.0 cm³/mol. The van der Waals surface area contributed by atoms with E-state index >= 15 is 0 Å². The average molecular weight is 350 g/mol. The zero-order valence-electron chi connectivity index (χ0n) is 14.1. The number of esters is 1. The van der Waals surface area contributed by atoms with Crippen LogP contribution in [0.25, 0.3) is 0 Å². The number of cyclic esters (lactones) is 1. The largest absolute Gasteiger partial charge is 0.448 e. The van der Waals surface area contributed by atoms with Gasteiger partial charge in [0.05, 0.1) is 5.56 Å². The van der Waals surface area contributed by atoms with Gasteiger partial charge in [-0.1, -0.05) is 42.5 Å². The second-order valence-electron chi connectivity index (χ2n) is 6.61. The standard InChI is InChI=1S/C20H18N2O4/c21-18(23)16-9-12-5-1-2-7-14(12)11-22(16)19(24)17-10-13-6-3-4-8-15(13)20(25)26-17/h1-8,16-17H,9-11H2,(H2,21,23)/t16-,17-/m0/s1. The Morgan fingerprint density at radius 3 is 2.35 bits per heavy atom. The third kappa shape index (κ3) is 2.73. The quantitative estimate of drug-likeness (QED) is 0.825. The molecular weight excluding hydrogens is 332 g/mol. The molecule has 0 unspecified atom stereocenters. The lowest BCUT2D eigenvalue weighted by molar-refractivity contribution is -0.148. The number of hydrogen-bond donors (Lipinski definition) is 1. The van der Waals surface area contributed by atoms with E-state index in [0.29, 0.717) is 18.4 Å². The summed E-state index contributed by atoms with van der Waals surface area (Å²) in [6, 6.07) is 14.0. The minimum atomic E-state index is -0.940. The fourth-order valence-electron chi connectivity index (χ4n) is 3.66. The van der Waals surface area contributed by atoms with Gasteiger partial charge in [0.1, 0.15) is 6.04 Å². The number of hydrogen-bond acceptors (Lipinski definition) is 4. The number of rotatable bonds is 2. The fraction of sp³-hybridized carbons (Fsp3) is 0.250. The van der Waals surface area contributed by atoms with E-state index < -0.39 is 24.0 Å². The molecule has 6 nitrogen and oxygen atoms in total. The van der Waals surface area contributed by atoms with E-state index in [1.54, 1.807) is 12.1 Å². The molecule has 2 amide bonds. The minimum absolute atomic E-state index is 0.276. The van der Waals surface area contributed by atoms with Crippen molar-refractivity contribution in [2.75, 3.05) is 0 Å². The van der Waals surface area contributed by atoms with E-state index in [1.165, 1.54) is 4.90 Å². The summed E-state index contributed by atoms with van der Waals surface area (Å²) < 4.78 is 5.36. The van der Waals surface area contributed by atoms with Crippen molar-refractivity contribution < 1.29 is 19.1 Å². The van der Waals surface area contributed by atoms with Crippen molar-refractivity contribution in [1.82, 2.24) is 4.90 Å². The number of carbonyl (C=O) groups is 3. The third-order valence-corrected chi connectivity index (χ3v) is 5.03. The topological polar surface area (TPSA) is 89.7 Å². The number of ether oxygens (including phenoxy) is 1. The van der Waals surface area contributed by atoms with E-state index in [2.05, 4.69) is 0 Å². The van der Waals surface area contributed by atoms with Crippen molar-refractivity contribution in [2.24, 2.45) is 5.73 Å². The molecule has 0 aliphatic carbocycles. The summed E-state index contributed by atoms with van der Waals surface area (Å²) in [6.07, 6.45) is -0.275. The molecular formula is C20H18N2O4. The van der Waals surface area contributed by atoms with Crippen molar-refractivity contribution in [1.29, 1.82) is 0 Å². The van der Waals surface area contributed by atoms with Gasteiger partial charge in [-0.05, 0) is 22.8 Å². The maximum absolute atomic E-state index is 13.1. The normalized spacial score (nSPS) is 21.4. The van der Waals surface area contributed by atoms with Gasteiger partial charge in [-0.3, -0.25) is 9.59 Å². The molecule has 0 bridgehead atoms. The molecule has 0 spiro atoms. The summed E-state index contributed by atoms with van der Waals surface area (Å²) in [6.45, 7) is 0.276. The Kier molecular flexibility index (Phi) is 3.95. The Hall–Kier alpha value is -3.15. The van der Waals surface area contributed by atoms with Crippen LogP contribution in [0.5, 0.6) is 0 Å². The molecule has 2 aliphatic heterocycles. The van der Waals surface area contributed by atoms with Gasteiger partial charge in [0.15, 0.2) is 6.10 Å². The van der Waals surface area contributed by atoms with Crippen LogP contribution in [0.3, 0.4) is 0 Å². The second kappa shape index (κ2) is 6.29. The van der Waals surface area contributed by atoms with E-state index in [9.17, 15) is 14.4 Å². The molecule has 0 radical (unpaired) electrons. The molecule has 2 aromatic rings. The molecule has 2 heterocycles. The highest BCUT2D eigenvalue weighted by atomic mass is 16.5. The molecule has 2 atom stereocenters. The number of fused-ring (bicyclic) bond motifs is 2. The van der Waals surface area contributed by atoms with Crippen LogP contribution in [0.1, 0.15) is 27.0 Å². The smallest absolute Gasteiger partial charge is 0.339 e. The lowest BCUT2D eigenvalue weighted by Gasteiger charge is -2.37. The number of primary amides is 1. The van der Waals surface area contributed by atoms with E-state index in [1.807, 2.05) is 36.4 Å². The van der Waals surface area contributed by atoms with Crippen LogP contribution < -0.4 is 5.73 Å². The fourth-order valence-corrected chi connectivity index (χ4v) is 3.66. The maximum atomic E-state index is 13.1. The van der Waals surface area contributed by atoms with Crippen LogP contribution in [0.4, 0.5) is 0 Å². The van der Waals surface area contributed by atoms with Crippen LogP contribution in [0.15, 0.2) is 48.5 Å². The van der Waals surface area contributed by atoms with E-state index in [4.69, 9.17) is 10.5 Å². The van der Waals surface area contributed by atoms with Crippen molar-refractivity contribution in [2.45, 2.75) is 31.5 Å². The lowest BCUT2D eigenvalue weighted by atomic mass is 9.92. The van der Waals surface area contributed by atoms with Gasteiger partial charge in [0, 0.05) is 19.4 Å². The van der Waals surface area contributed by atoms with Crippen LogP contribution in [-0.2, 0) is 33.7 Å². The first-order valence-electron chi connectivity index (χ1n) is 8.50. The second-order valence-corrected chi connectivity index (χ2v) is 6.61. The van der Waals surface area contributed by atoms with Gasteiger partial charge in [-0.15, -0.1) is 0 Å². The molecule has 0 aromatic heterocycles. The van der Waals surface area contributed by atoms with Crippen molar-refractivity contribution >= 4 is 17.8 Å². The summed E-state index contributed by atoms with van der Waals surface area (Å²) >= 11 is 0. The van der Waals surface area contributed by atoms with E-state index in [-0.39, 0.29) is 12.5 Å². The Balaban J connectivity index is 1.63. The molecule has 6 heteroatoms. The van der Waals surface area contributed by atoms with Crippen LogP contribution in [-0.4, -0.2) is 34.8 Å². The zero-order chi connectivity index (χ0) is 18.3. The highest BCUT2D eigenvalue weighted by Crippen LogP contribution is 2.27. The molecule has 0 saturated carbocycles. The molecule has 4 rings (SSSR count). The number of carbonyl (C=O) groups excluding carboxylic acids is 3. The molecule has 2 aliphatic rings. The van der Waals surface area contributed by atoms with E-state index in [0.717, 1.165) is 16.7 Å². The molecule has 0 fully saturated rings. The highest BCUT2D eigenvalue weighted by molar-refractivity contribution is 5.97. The monoisotopic (exact) mass is 350 g/mol. The van der Waals surface area contributed by atoms with Gasteiger partial charge in [-0.25, -0.2) is 4.79 Å². The van der Waals surface area contributed by atoms with Crippen molar-refractivity contribution in [3.63, 3.8) is 0 Å². The Morgan fingerprint density at radius 2 is 1.62 bits per heavy atom. The van der Waals surface area contributed by atoms with Crippen molar-refractivity contribution in [3.8, 4) is 0 Å². The molecule has 26 heavy (non-hydrogen) atoms. The maximum Gasteiger partial charge on any atom is 0.339 e. The number of benzene rings is 2.